The summed E-state index contributed by atoms with van der Waals surface area (Å²) in [7, 11) is 2.20. The highest BCUT2D eigenvalue weighted by molar-refractivity contribution is 5.02. The maximum Gasteiger partial charge on any atom is 0.133 e. The Hall–Kier alpha value is -0.120. The molecule has 0 radical (unpaired) electrons. The number of hydrogen-bond donors (Lipinski definition) is 1. The van der Waals surface area contributed by atoms with Crippen molar-refractivity contribution < 1.29 is 4.74 Å². The molecule has 3 heteroatoms. The van der Waals surface area contributed by atoms with E-state index in [9.17, 15) is 0 Å². The zero-order chi connectivity index (χ0) is 11.1. The fourth-order valence-corrected chi connectivity index (χ4v) is 3.81. The van der Waals surface area contributed by atoms with E-state index in [1.807, 2.05) is 0 Å². The number of nitrogens with zero attached hydrogens (tertiary/aromatic N) is 1. The Kier molecular flexibility index (Phi) is 2.73. The molecule has 0 bridgehead atoms. The highest BCUT2D eigenvalue weighted by atomic mass is 16.5. The number of likely N-dealkylation sites (N-methyl/N-ethyl adjacent to an activating group) is 1. The predicted molar refractivity (Wildman–Crippen MR) is 64.4 cm³/mol. The van der Waals surface area contributed by atoms with Crippen molar-refractivity contribution in [2.75, 3.05) is 26.7 Å². The SMILES string of the molecule is CN1CCC2(C1)NC1(CCCCC1)CCO2. The van der Waals surface area contributed by atoms with E-state index in [-0.39, 0.29) is 5.72 Å². The normalized spacial score (nSPS) is 39.6. The smallest absolute Gasteiger partial charge is 0.133 e. The number of likely N-dealkylation sites (tertiary alicyclic amines) is 1. The second-order valence-electron chi connectivity index (χ2n) is 6.05. The third-order valence-corrected chi connectivity index (χ3v) is 4.69. The quantitative estimate of drug-likeness (QED) is 0.678. The Morgan fingerprint density at radius 3 is 2.56 bits per heavy atom. The van der Waals surface area contributed by atoms with Crippen LogP contribution in [0.1, 0.15) is 44.9 Å². The van der Waals surface area contributed by atoms with Crippen LogP contribution in [0.25, 0.3) is 0 Å². The van der Waals surface area contributed by atoms with Crippen LogP contribution < -0.4 is 5.32 Å². The first-order valence-corrected chi connectivity index (χ1v) is 6.84. The molecular formula is C13H24N2O. The lowest BCUT2D eigenvalue weighted by atomic mass is 9.77. The van der Waals surface area contributed by atoms with Gasteiger partial charge < -0.3 is 9.64 Å². The summed E-state index contributed by atoms with van der Waals surface area (Å²) in [5.74, 6) is 0. The second kappa shape index (κ2) is 3.97. The summed E-state index contributed by atoms with van der Waals surface area (Å²) in [6.07, 6.45) is 9.34. The van der Waals surface area contributed by atoms with Gasteiger partial charge in [-0.15, -0.1) is 0 Å². The van der Waals surface area contributed by atoms with Crippen molar-refractivity contribution in [2.45, 2.75) is 56.2 Å². The lowest BCUT2D eigenvalue weighted by Crippen LogP contribution is -2.65. The Morgan fingerprint density at radius 2 is 1.88 bits per heavy atom. The molecule has 16 heavy (non-hydrogen) atoms. The first-order valence-electron chi connectivity index (χ1n) is 6.84. The molecule has 92 valence electrons. The van der Waals surface area contributed by atoms with Crippen molar-refractivity contribution in [2.24, 2.45) is 0 Å². The van der Waals surface area contributed by atoms with Gasteiger partial charge in [-0.2, -0.15) is 0 Å². The standard InChI is InChI=1S/C13H24N2O/c1-15-9-7-13(11-15)14-12(8-10-16-13)5-3-2-4-6-12/h14H,2-11H2,1H3. The average molecular weight is 224 g/mol. The summed E-state index contributed by atoms with van der Waals surface area (Å²) in [5, 5.41) is 3.91. The van der Waals surface area contributed by atoms with Gasteiger partial charge in [-0.25, -0.2) is 0 Å². The van der Waals surface area contributed by atoms with Crippen molar-refractivity contribution in [1.82, 2.24) is 10.2 Å². The van der Waals surface area contributed by atoms with Gasteiger partial charge in [0.15, 0.2) is 0 Å². The van der Waals surface area contributed by atoms with Crippen LogP contribution in [-0.4, -0.2) is 42.9 Å². The molecule has 3 nitrogen and oxygen atoms in total. The zero-order valence-corrected chi connectivity index (χ0v) is 10.4. The molecular weight excluding hydrogens is 200 g/mol. The van der Waals surface area contributed by atoms with Gasteiger partial charge in [-0.1, -0.05) is 19.3 Å². The molecule has 0 aromatic rings. The maximum absolute atomic E-state index is 6.07. The first kappa shape index (κ1) is 11.0. The van der Waals surface area contributed by atoms with Crippen molar-refractivity contribution >= 4 is 0 Å². The third-order valence-electron chi connectivity index (χ3n) is 4.69. The van der Waals surface area contributed by atoms with E-state index in [1.54, 1.807) is 0 Å². The summed E-state index contributed by atoms with van der Waals surface area (Å²) in [6.45, 7) is 3.19. The van der Waals surface area contributed by atoms with Crippen LogP contribution in [0.2, 0.25) is 0 Å². The first-order chi connectivity index (χ1) is 7.72. The molecule has 0 aromatic heterocycles. The van der Waals surface area contributed by atoms with Gasteiger partial charge in [0.1, 0.15) is 5.72 Å². The van der Waals surface area contributed by atoms with Gasteiger partial charge in [-0.05, 0) is 26.3 Å². The molecule has 3 aliphatic rings. The molecule has 2 aliphatic heterocycles. The molecule has 1 aliphatic carbocycles. The zero-order valence-electron chi connectivity index (χ0n) is 10.4. The van der Waals surface area contributed by atoms with Crippen LogP contribution in [0.3, 0.4) is 0 Å². The van der Waals surface area contributed by atoms with Gasteiger partial charge in [-0.3, -0.25) is 5.32 Å². The topological polar surface area (TPSA) is 24.5 Å². The third kappa shape index (κ3) is 1.89. The van der Waals surface area contributed by atoms with Gasteiger partial charge in [0, 0.05) is 25.0 Å². The highest BCUT2D eigenvalue weighted by Gasteiger charge is 2.47. The Morgan fingerprint density at radius 1 is 1.06 bits per heavy atom. The van der Waals surface area contributed by atoms with Crippen LogP contribution in [0.15, 0.2) is 0 Å². The summed E-state index contributed by atoms with van der Waals surface area (Å²) < 4.78 is 6.07. The molecule has 2 saturated heterocycles. The van der Waals surface area contributed by atoms with Crippen molar-refractivity contribution in [3.05, 3.63) is 0 Å². The molecule has 0 aromatic carbocycles. The second-order valence-corrected chi connectivity index (χ2v) is 6.05. The summed E-state index contributed by atoms with van der Waals surface area (Å²) >= 11 is 0. The van der Waals surface area contributed by atoms with Crippen LogP contribution in [0.4, 0.5) is 0 Å². The van der Waals surface area contributed by atoms with Crippen LogP contribution >= 0.6 is 0 Å². The Bertz CT molecular complexity index is 243. The molecule has 3 fully saturated rings. The maximum atomic E-state index is 6.07. The fraction of sp³-hybridized carbons (Fsp3) is 1.00. The lowest BCUT2D eigenvalue weighted by molar-refractivity contribution is -0.130. The number of nitrogens with one attached hydrogen (secondary N) is 1. The van der Waals surface area contributed by atoms with Gasteiger partial charge in [0.05, 0.1) is 6.61 Å². The minimum absolute atomic E-state index is 0.00958. The number of hydrogen-bond acceptors (Lipinski definition) is 3. The molecule has 0 amide bonds. The average Bonchev–Trinajstić information content (AvgIpc) is 2.60. The van der Waals surface area contributed by atoms with Gasteiger partial charge >= 0.3 is 0 Å². The fourth-order valence-electron chi connectivity index (χ4n) is 3.81. The van der Waals surface area contributed by atoms with Crippen molar-refractivity contribution in [1.29, 1.82) is 0 Å². The molecule has 1 unspecified atom stereocenters. The largest absolute Gasteiger partial charge is 0.359 e. The van der Waals surface area contributed by atoms with E-state index < -0.39 is 0 Å². The van der Waals surface area contributed by atoms with E-state index in [1.165, 1.54) is 45.1 Å². The number of rotatable bonds is 0. The monoisotopic (exact) mass is 224 g/mol. The van der Waals surface area contributed by atoms with Crippen molar-refractivity contribution in [3.8, 4) is 0 Å². The van der Waals surface area contributed by atoms with Gasteiger partial charge in [0.2, 0.25) is 0 Å². The van der Waals surface area contributed by atoms with Crippen LogP contribution in [0.5, 0.6) is 0 Å². The van der Waals surface area contributed by atoms with E-state index in [0.29, 0.717) is 5.54 Å². The molecule has 1 saturated carbocycles. The van der Waals surface area contributed by atoms with Crippen LogP contribution in [-0.2, 0) is 4.74 Å². The molecule has 2 heterocycles. The molecule has 3 rings (SSSR count). The van der Waals surface area contributed by atoms with Gasteiger partial charge in [0.25, 0.3) is 0 Å². The van der Waals surface area contributed by atoms with E-state index >= 15 is 0 Å². The molecule has 1 atom stereocenters. The Labute approximate surface area is 98.5 Å². The van der Waals surface area contributed by atoms with E-state index in [4.69, 9.17) is 4.74 Å². The summed E-state index contributed by atoms with van der Waals surface area (Å²) in [6, 6.07) is 0. The molecule has 1 N–H and O–H groups in total. The van der Waals surface area contributed by atoms with E-state index in [0.717, 1.165) is 19.6 Å². The minimum Gasteiger partial charge on any atom is -0.359 e. The van der Waals surface area contributed by atoms with Crippen molar-refractivity contribution in [3.63, 3.8) is 0 Å². The summed E-state index contributed by atoms with van der Waals surface area (Å²) in [5.41, 5.74) is 0.409. The number of ether oxygens (including phenoxy) is 1. The minimum atomic E-state index is -0.00958. The van der Waals surface area contributed by atoms with E-state index in [2.05, 4.69) is 17.3 Å². The molecule has 2 spiro atoms. The van der Waals surface area contributed by atoms with Crippen LogP contribution in [0, 0.1) is 0 Å². The summed E-state index contributed by atoms with van der Waals surface area (Å²) in [4.78, 5) is 2.38. The Balaban J connectivity index is 1.73. The lowest BCUT2D eigenvalue weighted by Gasteiger charge is -2.49. The predicted octanol–water partition coefficient (Wildman–Crippen LogP) is 1.73. The highest BCUT2D eigenvalue weighted by Crippen LogP contribution is 2.38.